The molecule has 0 bridgehead atoms. The third kappa shape index (κ3) is 6.05. The number of carbonyl (C=O) groups is 1. The van der Waals surface area contributed by atoms with Crippen LogP contribution in [0.4, 0.5) is 5.69 Å². The molecule has 0 radical (unpaired) electrons. The third-order valence-electron chi connectivity index (χ3n) is 3.52. The number of hydrogen-bond donors (Lipinski definition) is 1. The highest BCUT2D eigenvalue weighted by Crippen LogP contribution is 2.26. The highest BCUT2D eigenvalue weighted by atomic mass is 35.5. The molecule has 0 saturated carbocycles. The van der Waals surface area contributed by atoms with E-state index in [2.05, 4.69) is 5.32 Å². The van der Waals surface area contributed by atoms with Crippen LogP contribution in [0.3, 0.4) is 0 Å². The number of benzene rings is 2. The number of ether oxygens (including phenoxy) is 2. The lowest BCUT2D eigenvalue weighted by atomic mass is 10.1. The van der Waals surface area contributed by atoms with Crippen LogP contribution in [0.25, 0.3) is 6.08 Å². The minimum atomic E-state index is -0.511. The molecule has 0 aliphatic carbocycles. The Hall–Kier alpha value is -2.97. The number of nitrogens with zero attached hydrogens (tertiary/aromatic N) is 1. The summed E-state index contributed by atoms with van der Waals surface area (Å²) in [5, 5.41) is 12.6. The van der Waals surface area contributed by atoms with Crippen LogP contribution < -0.4 is 14.8 Å². The first-order chi connectivity index (χ1) is 13.1. The van der Waals surface area contributed by atoms with Crippen molar-refractivity contribution in [3.8, 4) is 17.6 Å². The van der Waals surface area contributed by atoms with Crippen molar-refractivity contribution < 1.29 is 14.3 Å². The number of amides is 1. The highest BCUT2D eigenvalue weighted by molar-refractivity contribution is 6.30. The predicted molar refractivity (Wildman–Crippen MR) is 107 cm³/mol. The SMILES string of the molecule is CCCOc1ccc(Cl)cc1/C=C(/C#N)C(=O)Nc1ccc(OCC)cc1. The van der Waals surface area contributed by atoms with E-state index in [1.165, 1.54) is 6.08 Å². The van der Waals surface area contributed by atoms with Crippen LogP contribution in [-0.4, -0.2) is 19.1 Å². The molecule has 2 rings (SSSR count). The van der Waals surface area contributed by atoms with Gasteiger partial charge in [0, 0.05) is 16.3 Å². The van der Waals surface area contributed by atoms with Crippen molar-refractivity contribution >= 4 is 29.3 Å². The number of hydrogen-bond acceptors (Lipinski definition) is 4. The minimum absolute atomic E-state index is 0.0486. The van der Waals surface area contributed by atoms with Crippen molar-refractivity contribution in [2.45, 2.75) is 20.3 Å². The molecule has 0 aromatic heterocycles. The average molecular weight is 385 g/mol. The minimum Gasteiger partial charge on any atom is -0.494 e. The van der Waals surface area contributed by atoms with Gasteiger partial charge in [-0.25, -0.2) is 0 Å². The van der Waals surface area contributed by atoms with Crippen molar-refractivity contribution in [2.24, 2.45) is 0 Å². The molecule has 6 heteroatoms. The topological polar surface area (TPSA) is 71.3 Å². The van der Waals surface area contributed by atoms with Crippen LogP contribution in [0.5, 0.6) is 11.5 Å². The van der Waals surface area contributed by atoms with E-state index in [0.29, 0.717) is 41.0 Å². The fourth-order valence-electron chi connectivity index (χ4n) is 2.28. The number of halogens is 1. The maximum Gasteiger partial charge on any atom is 0.266 e. The molecule has 2 aromatic carbocycles. The van der Waals surface area contributed by atoms with E-state index in [1.807, 2.05) is 19.9 Å². The van der Waals surface area contributed by atoms with E-state index in [9.17, 15) is 10.1 Å². The van der Waals surface area contributed by atoms with Crippen LogP contribution in [0, 0.1) is 11.3 Å². The summed E-state index contributed by atoms with van der Waals surface area (Å²) in [7, 11) is 0. The number of rotatable bonds is 8. The summed E-state index contributed by atoms with van der Waals surface area (Å²) in [6.07, 6.45) is 2.32. The molecule has 0 aliphatic rings. The molecule has 1 amide bonds. The number of carbonyl (C=O) groups excluding carboxylic acids is 1. The first kappa shape index (κ1) is 20.3. The van der Waals surface area contributed by atoms with Crippen LogP contribution in [0.15, 0.2) is 48.0 Å². The van der Waals surface area contributed by atoms with Gasteiger partial charge in [-0.2, -0.15) is 5.26 Å². The lowest BCUT2D eigenvalue weighted by Gasteiger charge is -2.10. The van der Waals surface area contributed by atoms with Crippen molar-refractivity contribution in [1.29, 1.82) is 5.26 Å². The van der Waals surface area contributed by atoms with Crippen molar-refractivity contribution in [1.82, 2.24) is 0 Å². The molecular formula is C21H21ClN2O3. The Bertz CT molecular complexity index is 855. The first-order valence-electron chi connectivity index (χ1n) is 8.65. The van der Waals surface area contributed by atoms with Gasteiger partial charge in [0.15, 0.2) is 0 Å². The van der Waals surface area contributed by atoms with Gasteiger partial charge >= 0.3 is 0 Å². The first-order valence-corrected chi connectivity index (χ1v) is 9.03. The molecule has 1 N–H and O–H groups in total. The van der Waals surface area contributed by atoms with Crippen LogP contribution in [0.2, 0.25) is 5.02 Å². The zero-order valence-electron chi connectivity index (χ0n) is 15.3. The van der Waals surface area contributed by atoms with Gasteiger partial charge < -0.3 is 14.8 Å². The molecule has 5 nitrogen and oxygen atoms in total. The van der Waals surface area contributed by atoms with E-state index >= 15 is 0 Å². The van der Waals surface area contributed by atoms with Crippen LogP contribution in [0.1, 0.15) is 25.8 Å². The van der Waals surface area contributed by atoms with Gasteiger partial charge in [0.05, 0.1) is 13.2 Å². The number of nitrogens with one attached hydrogen (secondary N) is 1. The van der Waals surface area contributed by atoms with Gasteiger partial charge in [-0.05, 0) is 61.9 Å². The fourth-order valence-corrected chi connectivity index (χ4v) is 2.46. The molecular weight excluding hydrogens is 364 g/mol. The fraction of sp³-hybridized carbons (Fsp3) is 0.238. The molecule has 0 aliphatic heterocycles. The number of anilines is 1. The molecule has 0 unspecified atom stereocenters. The zero-order chi connectivity index (χ0) is 19.6. The lowest BCUT2D eigenvalue weighted by molar-refractivity contribution is -0.112. The summed E-state index contributed by atoms with van der Waals surface area (Å²) in [5.41, 5.74) is 1.10. The summed E-state index contributed by atoms with van der Waals surface area (Å²) >= 11 is 6.05. The average Bonchev–Trinajstić information content (AvgIpc) is 2.67. The molecule has 27 heavy (non-hydrogen) atoms. The second kappa shape index (κ2) is 10.2. The van der Waals surface area contributed by atoms with Crippen molar-refractivity contribution in [3.05, 3.63) is 58.6 Å². The molecule has 140 valence electrons. The Morgan fingerprint density at radius 2 is 1.93 bits per heavy atom. The molecule has 0 saturated heterocycles. The van der Waals surface area contributed by atoms with Crippen molar-refractivity contribution in [3.63, 3.8) is 0 Å². The summed E-state index contributed by atoms with van der Waals surface area (Å²) < 4.78 is 11.0. The Labute approximate surface area is 164 Å². The van der Waals surface area contributed by atoms with E-state index < -0.39 is 5.91 Å². The van der Waals surface area contributed by atoms with Gasteiger partial charge in [0.25, 0.3) is 5.91 Å². The highest BCUT2D eigenvalue weighted by Gasteiger charge is 2.12. The van der Waals surface area contributed by atoms with Gasteiger partial charge in [0.2, 0.25) is 0 Å². The second-order valence-corrected chi connectivity index (χ2v) is 6.05. The largest absolute Gasteiger partial charge is 0.494 e. The zero-order valence-corrected chi connectivity index (χ0v) is 16.0. The maximum atomic E-state index is 12.5. The molecule has 0 heterocycles. The van der Waals surface area contributed by atoms with Crippen LogP contribution >= 0.6 is 11.6 Å². The van der Waals surface area contributed by atoms with Gasteiger partial charge in [0.1, 0.15) is 23.1 Å². The maximum absolute atomic E-state index is 12.5. The Morgan fingerprint density at radius 1 is 1.19 bits per heavy atom. The Kier molecular flexibility index (Phi) is 7.72. The molecule has 2 aromatic rings. The second-order valence-electron chi connectivity index (χ2n) is 5.61. The van der Waals surface area contributed by atoms with E-state index in [4.69, 9.17) is 21.1 Å². The Morgan fingerprint density at radius 3 is 2.56 bits per heavy atom. The summed E-state index contributed by atoms with van der Waals surface area (Å²) in [6, 6.07) is 14.0. The third-order valence-corrected chi connectivity index (χ3v) is 3.76. The normalized spacial score (nSPS) is 10.8. The van der Waals surface area contributed by atoms with Gasteiger partial charge in [-0.3, -0.25) is 4.79 Å². The standard InChI is InChI=1S/C21H21ClN2O3/c1-3-11-27-20-10-5-17(22)13-15(20)12-16(14-23)21(25)24-18-6-8-19(9-7-18)26-4-2/h5-10,12-13H,3-4,11H2,1-2H3,(H,24,25)/b16-12-. The van der Waals surface area contributed by atoms with Crippen LogP contribution in [-0.2, 0) is 4.79 Å². The summed E-state index contributed by atoms with van der Waals surface area (Å²) in [5.74, 6) is 0.772. The van der Waals surface area contributed by atoms with E-state index in [0.717, 1.165) is 6.42 Å². The number of nitriles is 1. The molecule has 0 atom stereocenters. The summed E-state index contributed by atoms with van der Waals surface area (Å²) in [4.78, 5) is 12.5. The van der Waals surface area contributed by atoms with E-state index in [-0.39, 0.29) is 5.57 Å². The van der Waals surface area contributed by atoms with E-state index in [1.54, 1.807) is 42.5 Å². The lowest BCUT2D eigenvalue weighted by Crippen LogP contribution is -2.13. The quantitative estimate of drug-likeness (QED) is 0.509. The Balaban J connectivity index is 2.21. The summed E-state index contributed by atoms with van der Waals surface area (Å²) in [6.45, 7) is 4.99. The molecule has 0 spiro atoms. The smallest absolute Gasteiger partial charge is 0.266 e. The van der Waals surface area contributed by atoms with Crippen molar-refractivity contribution in [2.75, 3.05) is 18.5 Å². The van der Waals surface area contributed by atoms with Gasteiger partial charge in [-0.15, -0.1) is 0 Å². The van der Waals surface area contributed by atoms with Gasteiger partial charge in [-0.1, -0.05) is 18.5 Å². The molecule has 0 fully saturated rings. The predicted octanol–water partition coefficient (Wildman–Crippen LogP) is 5.07. The monoisotopic (exact) mass is 384 g/mol.